The molecular weight excluding hydrogens is 1270 g/mol. The van der Waals surface area contributed by atoms with Gasteiger partial charge in [-0.2, -0.15) is 0 Å². The number of aliphatic hydroxyl groups excluding tert-OH is 1. The van der Waals surface area contributed by atoms with Crippen LogP contribution < -0.4 is 0 Å². The number of hydrogen-bond acceptors (Lipinski definition) is 15. The third kappa shape index (κ3) is 72.2. The number of phosphoric ester groups is 2. The molecule has 0 aromatic rings. The van der Waals surface area contributed by atoms with Gasteiger partial charge < -0.3 is 33.8 Å². The Morgan fingerprint density at radius 2 is 0.474 bits per heavy atom. The van der Waals surface area contributed by atoms with Crippen LogP contribution in [0.2, 0.25) is 0 Å². The smallest absolute Gasteiger partial charge is 0.462 e. The van der Waals surface area contributed by atoms with E-state index in [2.05, 4.69) is 41.5 Å². The summed E-state index contributed by atoms with van der Waals surface area (Å²) < 4.78 is 68.4. The number of rotatable bonds is 77. The maximum absolute atomic E-state index is 13.1. The monoisotopic (exact) mass is 1420 g/mol. The SMILES string of the molecule is CCCCCCCCCCCCCCCCC(=O)O[C@H](COC(=O)CCCCCCC)COP(=O)(O)OC[C@H](O)COP(=O)(O)OC[C@@H](COC(=O)CCCCCCCCCCCCCCCCCCC(C)C)OC(=O)CCCCCCCCCCCCCCCCCCC(C)C. The van der Waals surface area contributed by atoms with E-state index in [0.29, 0.717) is 25.7 Å². The summed E-state index contributed by atoms with van der Waals surface area (Å²) in [4.78, 5) is 72.6. The van der Waals surface area contributed by atoms with E-state index in [1.807, 2.05) is 0 Å². The van der Waals surface area contributed by atoms with Crippen LogP contribution in [-0.2, 0) is 65.4 Å². The van der Waals surface area contributed by atoms with E-state index in [-0.39, 0.29) is 25.7 Å². The molecule has 0 aliphatic carbocycles. The van der Waals surface area contributed by atoms with Gasteiger partial charge >= 0.3 is 39.5 Å². The fraction of sp³-hybridized carbons (Fsp3) is 0.949. The molecule has 19 heteroatoms. The predicted octanol–water partition coefficient (Wildman–Crippen LogP) is 23.1. The summed E-state index contributed by atoms with van der Waals surface area (Å²) in [5, 5.41) is 10.6. The second-order valence-electron chi connectivity index (χ2n) is 29.1. The lowest BCUT2D eigenvalue weighted by molar-refractivity contribution is -0.161. The molecule has 0 amide bonds. The third-order valence-electron chi connectivity index (χ3n) is 18.2. The lowest BCUT2D eigenvalue weighted by Crippen LogP contribution is -2.30. The number of esters is 4. The molecule has 0 saturated carbocycles. The molecule has 0 aliphatic heterocycles. The highest BCUT2D eigenvalue weighted by Gasteiger charge is 2.30. The van der Waals surface area contributed by atoms with Crippen LogP contribution >= 0.6 is 15.6 Å². The van der Waals surface area contributed by atoms with Gasteiger partial charge in [-0.25, -0.2) is 9.13 Å². The normalized spacial score (nSPS) is 14.0. The number of phosphoric acid groups is 2. The van der Waals surface area contributed by atoms with Crippen LogP contribution in [0.15, 0.2) is 0 Å². The van der Waals surface area contributed by atoms with Crippen molar-refractivity contribution in [2.75, 3.05) is 39.6 Å². The molecule has 0 spiro atoms. The number of carbonyl (C=O) groups is 4. The van der Waals surface area contributed by atoms with Gasteiger partial charge in [-0.3, -0.25) is 37.3 Å². The van der Waals surface area contributed by atoms with Crippen molar-refractivity contribution in [3.8, 4) is 0 Å². The molecule has 5 atom stereocenters. The van der Waals surface area contributed by atoms with Crippen LogP contribution in [0, 0.1) is 11.8 Å². The average molecular weight is 1420 g/mol. The summed E-state index contributed by atoms with van der Waals surface area (Å²) in [7, 11) is -9.90. The van der Waals surface area contributed by atoms with Crippen molar-refractivity contribution in [3.63, 3.8) is 0 Å². The summed E-state index contributed by atoms with van der Waals surface area (Å²) in [6.07, 6.45) is 58.7. The first-order valence-corrected chi connectivity index (χ1v) is 43.5. The van der Waals surface area contributed by atoms with Crippen molar-refractivity contribution >= 4 is 39.5 Å². The van der Waals surface area contributed by atoms with Gasteiger partial charge in [-0.05, 0) is 37.5 Å². The zero-order valence-corrected chi connectivity index (χ0v) is 65.2. The summed E-state index contributed by atoms with van der Waals surface area (Å²) in [6, 6.07) is 0. The number of unbranched alkanes of at least 4 members (excludes halogenated alkanes) is 47. The van der Waals surface area contributed by atoms with Crippen molar-refractivity contribution in [2.45, 2.75) is 426 Å². The van der Waals surface area contributed by atoms with Crippen molar-refractivity contribution in [3.05, 3.63) is 0 Å². The van der Waals surface area contributed by atoms with Crippen molar-refractivity contribution < 1.29 is 80.2 Å². The minimum Gasteiger partial charge on any atom is -0.462 e. The Labute approximate surface area is 594 Å². The first kappa shape index (κ1) is 95.1. The molecule has 97 heavy (non-hydrogen) atoms. The van der Waals surface area contributed by atoms with E-state index in [1.54, 1.807) is 0 Å². The van der Waals surface area contributed by atoms with Gasteiger partial charge in [0.05, 0.1) is 26.4 Å². The highest BCUT2D eigenvalue weighted by atomic mass is 31.2. The van der Waals surface area contributed by atoms with E-state index in [0.717, 1.165) is 108 Å². The molecule has 17 nitrogen and oxygen atoms in total. The second kappa shape index (κ2) is 69.8. The zero-order valence-electron chi connectivity index (χ0n) is 63.4. The molecule has 0 saturated heterocycles. The maximum Gasteiger partial charge on any atom is 0.472 e. The number of carbonyl (C=O) groups excluding carboxylic acids is 4. The Balaban J connectivity index is 5.13. The van der Waals surface area contributed by atoms with Crippen molar-refractivity contribution in [1.82, 2.24) is 0 Å². The topological polar surface area (TPSA) is 237 Å². The molecule has 0 bridgehead atoms. The molecule has 0 aromatic heterocycles. The maximum atomic E-state index is 13.1. The van der Waals surface area contributed by atoms with E-state index in [9.17, 15) is 43.2 Å². The van der Waals surface area contributed by atoms with E-state index >= 15 is 0 Å². The van der Waals surface area contributed by atoms with Crippen LogP contribution in [-0.4, -0.2) is 96.7 Å². The zero-order chi connectivity index (χ0) is 71.4. The summed E-state index contributed by atoms with van der Waals surface area (Å²) >= 11 is 0. The fourth-order valence-electron chi connectivity index (χ4n) is 12.0. The standard InChI is InChI=1S/C78H152O17P2/c1-7-9-11-13-14-15-16-17-28-34-39-44-50-56-62-77(82)94-73(66-88-75(80)60-54-46-12-10-8-2)68-92-96(84,85)90-64-72(79)65-91-97(86,87)93-69-74(95-78(83)63-57-51-45-40-35-30-25-21-19-23-27-32-37-42-48-53-59-71(5)6)67-89-76(81)61-55-49-43-38-33-29-24-20-18-22-26-31-36-41-47-52-58-70(3)4/h70-74,79H,7-69H2,1-6H3,(H,84,85)(H,86,87)/t72-,73+,74+/m0/s1. The van der Waals surface area contributed by atoms with E-state index in [1.165, 1.54) is 218 Å². The van der Waals surface area contributed by atoms with Crippen molar-refractivity contribution in [2.24, 2.45) is 11.8 Å². The van der Waals surface area contributed by atoms with Gasteiger partial charge in [0.1, 0.15) is 19.3 Å². The fourth-order valence-corrected chi connectivity index (χ4v) is 13.6. The Morgan fingerprint density at radius 3 is 0.701 bits per heavy atom. The number of ether oxygens (including phenoxy) is 4. The van der Waals surface area contributed by atoms with Crippen LogP contribution in [0.4, 0.5) is 0 Å². The first-order chi connectivity index (χ1) is 46.9. The van der Waals surface area contributed by atoms with Gasteiger partial charge in [0.2, 0.25) is 0 Å². The Bertz CT molecular complexity index is 1870. The Hall–Kier alpha value is -1.94. The van der Waals surface area contributed by atoms with Gasteiger partial charge in [0.15, 0.2) is 12.2 Å². The van der Waals surface area contributed by atoms with Gasteiger partial charge in [-0.1, -0.05) is 356 Å². The Morgan fingerprint density at radius 1 is 0.278 bits per heavy atom. The summed E-state index contributed by atoms with van der Waals surface area (Å²) in [5.74, 6) is -0.501. The number of aliphatic hydroxyl groups is 1. The van der Waals surface area contributed by atoms with Gasteiger partial charge in [0, 0.05) is 25.7 Å². The Kier molecular flexibility index (Phi) is 68.4. The lowest BCUT2D eigenvalue weighted by Gasteiger charge is -2.21. The van der Waals surface area contributed by atoms with Gasteiger partial charge in [-0.15, -0.1) is 0 Å². The molecule has 0 radical (unpaired) electrons. The molecule has 0 heterocycles. The molecule has 0 aromatic carbocycles. The molecular formula is C78H152O17P2. The summed E-state index contributed by atoms with van der Waals surface area (Å²) in [5.41, 5.74) is 0. The van der Waals surface area contributed by atoms with E-state index in [4.69, 9.17) is 37.0 Å². The highest BCUT2D eigenvalue weighted by Crippen LogP contribution is 2.45. The van der Waals surface area contributed by atoms with Crippen LogP contribution in [0.3, 0.4) is 0 Å². The molecule has 0 rings (SSSR count). The van der Waals surface area contributed by atoms with Crippen molar-refractivity contribution in [1.29, 1.82) is 0 Å². The molecule has 576 valence electrons. The number of hydrogen-bond donors (Lipinski definition) is 3. The minimum atomic E-state index is -4.96. The molecule has 0 fully saturated rings. The summed E-state index contributed by atoms with van der Waals surface area (Å²) in [6.45, 7) is 9.59. The largest absolute Gasteiger partial charge is 0.472 e. The highest BCUT2D eigenvalue weighted by molar-refractivity contribution is 7.47. The van der Waals surface area contributed by atoms with E-state index < -0.39 is 97.5 Å². The molecule has 3 N–H and O–H groups in total. The predicted molar refractivity (Wildman–Crippen MR) is 395 cm³/mol. The van der Waals surface area contributed by atoms with Crippen LogP contribution in [0.1, 0.15) is 408 Å². The van der Waals surface area contributed by atoms with Crippen LogP contribution in [0.25, 0.3) is 0 Å². The first-order valence-electron chi connectivity index (χ1n) is 40.5. The lowest BCUT2D eigenvalue weighted by atomic mass is 10.0. The third-order valence-corrected chi connectivity index (χ3v) is 20.1. The second-order valence-corrected chi connectivity index (χ2v) is 32.0. The van der Waals surface area contributed by atoms with Gasteiger partial charge in [0.25, 0.3) is 0 Å². The quantitative estimate of drug-likeness (QED) is 0.0222. The average Bonchev–Trinajstić information content (AvgIpc) is 1.62. The van der Waals surface area contributed by atoms with Crippen LogP contribution in [0.5, 0.6) is 0 Å². The minimum absolute atomic E-state index is 0.107. The molecule has 0 aliphatic rings. The molecule has 2 unspecified atom stereocenters.